The molecule has 1 N–H and O–H groups in total. The van der Waals surface area contributed by atoms with Crippen LogP contribution in [0.1, 0.15) is 46.5 Å². The maximum absolute atomic E-state index is 3.46. The summed E-state index contributed by atoms with van der Waals surface area (Å²) < 4.78 is 2.07. The third kappa shape index (κ3) is 3.52. The van der Waals surface area contributed by atoms with Crippen molar-refractivity contribution in [2.45, 2.75) is 46.5 Å². The van der Waals surface area contributed by atoms with Crippen LogP contribution in [-0.4, -0.2) is 11.2 Å². The molecular weight excluding hydrogens is 208 g/mol. The van der Waals surface area contributed by atoms with Crippen molar-refractivity contribution in [1.29, 1.82) is 0 Å². The van der Waals surface area contributed by atoms with Gasteiger partial charge in [0, 0.05) is 18.9 Å². The average Bonchev–Trinajstić information content (AvgIpc) is 2.78. The zero-order chi connectivity index (χ0) is 12.3. The summed E-state index contributed by atoms with van der Waals surface area (Å²) in [6, 6.07) is 4.12. The van der Waals surface area contributed by atoms with E-state index in [4.69, 9.17) is 0 Å². The molecule has 1 aromatic heterocycles. The fourth-order valence-electron chi connectivity index (χ4n) is 2.91. The van der Waals surface area contributed by atoms with E-state index < -0.39 is 0 Å². The summed E-state index contributed by atoms with van der Waals surface area (Å²) in [5, 5.41) is 0. The Morgan fingerprint density at radius 2 is 1.65 bits per heavy atom. The van der Waals surface area contributed by atoms with Gasteiger partial charge in [0.15, 0.2) is 0 Å². The Morgan fingerprint density at radius 1 is 1.06 bits per heavy atom. The fraction of sp³-hybridized carbons (Fsp3) is 0.733. The Balaban J connectivity index is 1.72. The largest absolute Gasteiger partial charge is 0.326 e. The Hall–Kier alpha value is -0.920. The summed E-state index contributed by atoms with van der Waals surface area (Å²) in [7, 11) is 0. The lowest BCUT2D eigenvalue weighted by atomic mass is 9.70. The van der Waals surface area contributed by atoms with Gasteiger partial charge in [-0.05, 0) is 55.1 Å². The highest BCUT2D eigenvalue weighted by Crippen LogP contribution is 2.39. The van der Waals surface area contributed by atoms with Crippen LogP contribution in [0.25, 0.3) is 0 Å². The molecule has 0 aliphatic heterocycles. The molecule has 96 valence electrons. The van der Waals surface area contributed by atoms with E-state index in [0.29, 0.717) is 5.41 Å². The molecule has 0 bridgehead atoms. The van der Waals surface area contributed by atoms with Crippen molar-refractivity contribution < 1.29 is 0 Å². The van der Waals surface area contributed by atoms with Crippen molar-refractivity contribution >= 4 is 0 Å². The number of aromatic nitrogens is 1. The normalized spacial score (nSPS) is 25.8. The molecule has 0 amide bonds. The lowest BCUT2D eigenvalue weighted by Gasteiger charge is -2.37. The molecule has 0 spiro atoms. The van der Waals surface area contributed by atoms with E-state index in [-0.39, 0.29) is 0 Å². The van der Waals surface area contributed by atoms with E-state index in [2.05, 4.69) is 55.4 Å². The van der Waals surface area contributed by atoms with Gasteiger partial charge < -0.3 is 5.43 Å². The predicted molar refractivity (Wildman–Crippen MR) is 73.6 cm³/mol. The molecule has 17 heavy (non-hydrogen) atoms. The Morgan fingerprint density at radius 3 is 2.18 bits per heavy atom. The monoisotopic (exact) mass is 234 g/mol. The molecule has 1 fully saturated rings. The maximum atomic E-state index is 3.46. The van der Waals surface area contributed by atoms with Crippen LogP contribution in [0.5, 0.6) is 0 Å². The maximum Gasteiger partial charge on any atom is 0.0342 e. The van der Waals surface area contributed by atoms with E-state index in [0.717, 1.165) is 18.4 Å². The second-order valence-electron chi connectivity index (χ2n) is 6.54. The molecule has 0 radical (unpaired) electrons. The highest BCUT2D eigenvalue weighted by atomic mass is 15.4. The minimum Gasteiger partial charge on any atom is -0.326 e. The summed E-state index contributed by atoms with van der Waals surface area (Å²) in [6.45, 7) is 8.27. The number of hydrogen-bond donors (Lipinski definition) is 1. The number of rotatable bonds is 3. The topological polar surface area (TPSA) is 17.0 Å². The molecule has 1 heterocycles. The smallest absolute Gasteiger partial charge is 0.0342 e. The first-order valence-corrected chi connectivity index (χ1v) is 6.92. The van der Waals surface area contributed by atoms with Crippen molar-refractivity contribution in [3.05, 3.63) is 24.5 Å². The molecule has 0 unspecified atom stereocenters. The molecule has 1 aliphatic rings. The van der Waals surface area contributed by atoms with Crippen LogP contribution in [0.15, 0.2) is 24.5 Å². The van der Waals surface area contributed by atoms with E-state index >= 15 is 0 Å². The summed E-state index contributed by atoms with van der Waals surface area (Å²) in [5.74, 6) is 1.78. The van der Waals surface area contributed by atoms with E-state index in [9.17, 15) is 0 Å². The van der Waals surface area contributed by atoms with Gasteiger partial charge in [0.25, 0.3) is 0 Å². The van der Waals surface area contributed by atoms with E-state index in [1.807, 2.05) is 0 Å². The third-order valence-corrected chi connectivity index (χ3v) is 4.24. The first kappa shape index (κ1) is 12.5. The highest BCUT2D eigenvalue weighted by Gasteiger charge is 2.29. The second-order valence-corrected chi connectivity index (χ2v) is 6.54. The lowest BCUT2D eigenvalue weighted by molar-refractivity contribution is 0.153. The van der Waals surface area contributed by atoms with Crippen LogP contribution in [0.4, 0.5) is 0 Å². The molecule has 0 aromatic carbocycles. The first-order chi connectivity index (χ1) is 8.05. The molecule has 2 nitrogen and oxygen atoms in total. The molecule has 2 rings (SSSR count). The first-order valence-electron chi connectivity index (χ1n) is 6.92. The van der Waals surface area contributed by atoms with Crippen LogP contribution >= 0.6 is 0 Å². The average molecular weight is 234 g/mol. The second kappa shape index (κ2) is 5.16. The summed E-state index contributed by atoms with van der Waals surface area (Å²) in [5.41, 5.74) is 3.96. The Kier molecular flexibility index (Phi) is 3.80. The van der Waals surface area contributed by atoms with Crippen LogP contribution in [0, 0.1) is 17.3 Å². The molecule has 0 saturated heterocycles. The van der Waals surface area contributed by atoms with E-state index in [1.165, 1.54) is 25.7 Å². The van der Waals surface area contributed by atoms with Crippen LogP contribution in [0.2, 0.25) is 0 Å². The van der Waals surface area contributed by atoms with Gasteiger partial charge in [0.2, 0.25) is 0 Å². The van der Waals surface area contributed by atoms with Crippen LogP contribution < -0.4 is 5.43 Å². The predicted octanol–water partition coefficient (Wildman–Crippen LogP) is 3.88. The number of nitrogens with zero attached hydrogens (tertiary/aromatic N) is 1. The summed E-state index contributed by atoms with van der Waals surface area (Å²) in [4.78, 5) is 0. The minimum atomic E-state index is 0.499. The van der Waals surface area contributed by atoms with Crippen LogP contribution in [0.3, 0.4) is 0 Å². The molecule has 1 aromatic rings. The van der Waals surface area contributed by atoms with Crippen molar-refractivity contribution in [2.75, 3.05) is 12.0 Å². The third-order valence-electron chi connectivity index (χ3n) is 4.24. The van der Waals surface area contributed by atoms with Gasteiger partial charge >= 0.3 is 0 Å². The molecule has 1 saturated carbocycles. The lowest BCUT2D eigenvalue weighted by Crippen LogP contribution is -2.29. The standard InChI is InChI=1S/C15H26N2/c1-15(2,3)14-8-6-13(7-9-14)12-16-17-10-4-5-11-17/h4-5,10-11,13-14,16H,6-9,12H2,1-3H3. The highest BCUT2D eigenvalue weighted by molar-refractivity contribution is 4.94. The van der Waals surface area contributed by atoms with Gasteiger partial charge in [0.05, 0.1) is 0 Å². The Bertz CT molecular complexity index is 313. The zero-order valence-electron chi connectivity index (χ0n) is 11.4. The van der Waals surface area contributed by atoms with Crippen LogP contribution in [-0.2, 0) is 0 Å². The van der Waals surface area contributed by atoms with Gasteiger partial charge in [0.1, 0.15) is 0 Å². The van der Waals surface area contributed by atoms with Crippen molar-refractivity contribution in [2.24, 2.45) is 17.3 Å². The summed E-state index contributed by atoms with van der Waals surface area (Å²) >= 11 is 0. The molecular formula is C15H26N2. The molecule has 1 aliphatic carbocycles. The Labute approximate surface area is 105 Å². The number of hydrogen-bond acceptors (Lipinski definition) is 1. The quantitative estimate of drug-likeness (QED) is 0.839. The van der Waals surface area contributed by atoms with Crippen molar-refractivity contribution in [3.63, 3.8) is 0 Å². The van der Waals surface area contributed by atoms with Gasteiger partial charge in [-0.3, -0.25) is 4.68 Å². The van der Waals surface area contributed by atoms with Gasteiger partial charge in [-0.1, -0.05) is 20.8 Å². The number of nitrogens with one attached hydrogen (secondary N) is 1. The van der Waals surface area contributed by atoms with E-state index in [1.54, 1.807) is 0 Å². The zero-order valence-corrected chi connectivity index (χ0v) is 11.4. The summed E-state index contributed by atoms with van der Waals surface area (Å²) in [6.07, 6.45) is 9.72. The minimum absolute atomic E-state index is 0.499. The fourth-order valence-corrected chi connectivity index (χ4v) is 2.91. The van der Waals surface area contributed by atoms with Crippen molar-refractivity contribution in [3.8, 4) is 0 Å². The molecule has 0 atom stereocenters. The SMILES string of the molecule is CC(C)(C)C1CCC(CNn2cccc2)CC1. The van der Waals surface area contributed by atoms with Gasteiger partial charge in [-0.15, -0.1) is 0 Å². The van der Waals surface area contributed by atoms with Gasteiger partial charge in [-0.2, -0.15) is 0 Å². The van der Waals surface area contributed by atoms with Gasteiger partial charge in [-0.25, -0.2) is 0 Å². The van der Waals surface area contributed by atoms with Crippen molar-refractivity contribution in [1.82, 2.24) is 4.68 Å². The molecule has 2 heteroatoms.